The maximum atomic E-state index is 12.2. The normalized spacial score (nSPS) is 24.6. The third-order valence-corrected chi connectivity index (χ3v) is 6.00. The van der Waals surface area contributed by atoms with E-state index in [-0.39, 0.29) is 29.6 Å². The van der Waals surface area contributed by atoms with Crippen LogP contribution in [0.1, 0.15) is 40.0 Å². The molecule has 2 saturated heterocycles. The molecule has 0 aliphatic carbocycles. The van der Waals surface area contributed by atoms with E-state index in [2.05, 4.69) is 42.0 Å². The Morgan fingerprint density at radius 3 is 2.81 bits per heavy atom. The maximum absolute atomic E-state index is 12.2. The van der Waals surface area contributed by atoms with Gasteiger partial charge in [-0.25, -0.2) is 4.79 Å². The summed E-state index contributed by atoms with van der Waals surface area (Å²) in [4.78, 5) is 23.6. The van der Waals surface area contributed by atoms with Crippen molar-refractivity contribution in [2.45, 2.75) is 62.9 Å². The summed E-state index contributed by atoms with van der Waals surface area (Å²) in [5, 5.41) is 12.7. The van der Waals surface area contributed by atoms with Gasteiger partial charge in [0.2, 0.25) is 5.91 Å². The van der Waals surface area contributed by atoms with E-state index in [0.29, 0.717) is 11.7 Å². The van der Waals surface area contributed by atoms with Crippen molar-refractivity contribution in [3.8, 4) is 0 Å². The molecule has 3 atom stereocenters. The second kappa shape index (κ2) is 7.78. The number of carbonyl (C=O) groups is 2. The van der Waals surface area contributed by atoms with Gasteiger partial charge in [-0.3, -0.25) is 4.79 Å². The van der Waals surface area contributed by atoms with Gasteiger partial charge in [0.05, 0.1) is 12.1 Å². The molecule has 0 aromatic heterocycles. The van der Waals surface area contributed by atoms with Crippen molar-refractivity contribution >= 4 is 35.1 Å². The Hall–Kier alpha value is -1.89. The molecule has 2 heterocycles. The summed E-state index contributed by atoms with van der Waals surface area (Å²) in [6.45, 7) is 6.31. The Bertz CT molecular complexity index is 674. The molecular formula is C19H28N4O2S. The minimum Gasteiger partial charge on any atom is -0.380 e. The van der Waals surface area contributed by atoms with Crippen LogP contribution >= 0.6 is 11.8 Å². The number of nitrogens with one attached hydrogen (secondary N) is 4. The molecule has 7 heteroatoms. The fraction of sp³-hybridized carbons (Fsp3) is 0.579. The average Bonchev–Trinajstić information content (AvgIpc) is 3.06. The smallest absolute Gasteiger partial charge is 0.315 e. The Balaban J connectivity index is 1.43. The third kappa shape index (κ3) is 5.06. The quantitative estimate of drug-likeness (QED) is 0.575. The number of thioether (sulfide) groups is 1. The highest BCUT2D eigenvalue weighted by molar-refractivity contribution is 8.00. The predicted octanol–water partition coefficient (Wildman–Crippen LogP) is 3.17. The summed E-state index contributed by atoms with van der Waals surface area (Å²) in [5.41, 5.74) is 1.78. The fourth-order valence-electron chi connectivity index (χ4n) is 3.44. The molecule has 3 rings (SSSR count). The first-order valence-corrected chi connectivity index (χ1v) is 10.2. The minimum atomic E-state index is -0.0632. The summed E-state index contributed by atoms with van der Waals surface area (Å²) in [6, 6.07) is 8.18. The lowest BCUT2D eigenvalue weighted by Gasteiger charge is -2.22. The fourth-order valence-corrected chi connectivity index (χ4v) is 4.98. The molecular weight excluding hydrogens is 348 g/mol. The summed E-state index contributed by atoms with van der Waals surface area (Å²) >= 11 is 1.88. The first kappa shape index (κ1) is 18.9. The van der Waals surface area contributed by atoms with Gasteiger partial charge in [-0.2, -0.15) is 11.8 Å². The third-order valence-electron chi connectivity index (χ3n) is 4.50. The number of anilines is 2. The SMILES string of the molecule is CC(C)(C)Nc1cccc(NC(=O)CCC[C@H]2SC[C@H]3NC(=O)N[C@H]32)c1. The largest absolute Gasteiger partial charge is 0.380 e. The van der Waals surface area contributed by atoms with Gasteiger partial charge < -0.3 is 21.3 Å². The number of hydrogen-bond acceptors (Lipinski definition) is 4. The highest BCUT2D eigenvalue weighted by atomic mass is 32.2. The Kier molecular flexibility index (Phi) is 5.65. The van der Waals surface area contributed by atoms with Gasteiger partial charge in [-0.05, 0) is 51.8 Å². The van der Waals surface area contributed by atoms with Gasteiger partial charge in [-0.1, -0.05) is 6.07 Å². The summed E-state index contributed by atoms with van der Waals surface area (Å²) < 4.78 is 0. The van der Waals surface area contributed by atoms with Gasteiger partial charge in [-0.15, -0.1) is 0 Å². The minimum absolute atomic E-state index is 0.0239. The average molecular weight is 377 g/mol. The van der Waals surface area contributed by atoms with Crippen molar-refractivity contribution < 1.29 is 9.59 Å². The number of carbonyl (C=O) groups excluding carboxylic acids is 2. The maximum Gasteiger partial charge on any atom is 0.315 e. The van der Waals surface area contributed by atoms with Gasteiger partial charge in [0.15, 0.2) is 0 Å². The van der Waals surface area contributed by atoms with Crippen LogP contribution in [-0.2, 0) is 4.79 Å². The van der Waals surface area contributed by atoms with Crippen LogP contribution in [0, 0.1) is 0 Å². The summed E-state index contributed by atoms with van der Waals surface area (Å²) in [5.74, 6) is 0.986. The van der Waals surface area contributed by atoms with Gasteiger partial charge >= 0.3 is 6.03 Å². The lowest BCUT2D eigenvalue weighted by molar-refractivity contribution is -0.116. The number of benzene rings is 1. The monoisotopic (exact) mass is 376 g/mol. The van der Waals surface area contributed by atoms with E-state index in [1.807, 2.05) is 36.0 Å². The van der Waals surface area contributed by atoms with Crippen molar-refractivity contribution in [3.63, 3.8) is 0 Å². The van der Waals surface area contributed by atoms with E-state index < -0.39 is 0 Å². The zero-order chi connectivity index (χ0) is 18.7. The Morgan fingerprint density at radius 2 is 2.04 bits per heavy atom. The highest BCUT2D eigenvalue weighted by Gasteiger charge is 2.42. The second-order valence-electron chi connectivity index (χ2n) is 8.02. The molecule has 142 valence electrons. The molecule has 3 amide bonds. The molecule has 2 fully saturated rings. The lowest BCUT2D eigenvalue weighted by atomic mass is 10.0. The van der Waals surface area contributed by atoms with E-state index in [4.69, 9.17) is 0 Å². The molecule has 4 N–H and O–H groups in total. The van der Waals surface area contributed by atoms with E-state index >= 15 is 0 Å². The van der Waals surface area contributed by atoms with Crippen LogP contribution < -0.4 is 21.3 Å². The number of amides is 3. The molecule has 26 heavy (non-hydrogen) atoms. The highest BCUT2D eigenvalue weighted by Crippen LogP contribution is 2.33. The van der Waals surface area contributed by atoms with Crippen LogP contribution in [0.2, 0.25) is 0 Å². The Labute approximate surface area is 159 Å². The van der Waals surface area contributed by atoms with Crippen molar-refractivity contribution in [2.24, 2.45) is 0 Å². The molecule has 0 radical (unpaired) electrons. The molecule has 0 saturated carbocycles. The second-order valence-corrected chi connectivity index (χ2v) is 9.29. The first-order chi connectivity index (χ1) is 12.3. The number of hydrogen-bond donors (Lipinski definition) is 4. The van der Waals surface area contributed by atoms with Gasteiger partial charge in [0.1, 0.15) is 0 Å². The number of rotatable bonds is 6. The molecule has 2 aliphatic rings. The molecule has 0 spiro atoms. The summed E-state index contributed by atoms with van der Waals surface area (Å²) in [6.07, 6.45) is 2.25. The van der Waals surface area contributed by atoms with Gasteiger partial charge in [0.25, 0.3) is 0 Å². The van der Waals surface area contributed by atoms with Crippen LogP contribution in [0.3, 0.4) is 0 Å². The number of fused-ring (bicyclic) bond motifs is 1. The van der Waals surface area contributed by atoms with Crippen LogP contribution in [0.25, 0.3) is 0 Å². The van der Waals surface area contributed by atoms with Crippen LogP contribution in [0.15, 0.2) is 24.3 Å². The van der Waals surface area contributed by atoms with Crippen LogP contribution in [0.5, 0.6) is 0 Å². The number of urea groups is 1. The molecule has 1 aromatic rings. The molecule has 6 nitrogen and oxygen atoms in total. The van der Waals surface area contributed by atoms with E-state index in [1.54, 1.807) is 0 Å². The standard InChI is InChI=1S/C19H28N4O2S/c1-19(2,3)23-13-7-4-6-12(10-13)20-16(24)9-5-8-15-17-14(11-26-15)21-18(25)22-17/h4,6-7,10,14-15,17,23H,5,8-9,11H2,1-3H3,(H,20,24)(H2,21,22,25)/t14-,15-,17-/m1/s1. The van der Waals surface area contributed by atoms with Crippen molar-refractivity contribution in [3.05, 3.63) is 24.3 Å². The van der Waals surface area contributed by atoms with Crippen molar-refractivity contribution in [1.82, 2.24) is 10.6 Å². The lowest BCUT2D eigenvalue weighted by Crippen LogP contribution is -2.36. The van der Waals surface area contributed by atoms with E-state index in [9.17, 15) is 9.59 Å². The summed E-state index contributed by atoms with van der Waals surface area (Å²) in [7, 11) is 0. The van der Waals surface area contributed by atoms with Crippen LogP contribution in [-0.4, -0.2) is 40.6 Å². The zero-order valence-electron chi connectivity index (χ0n) is 15.6. The van der Waals surface area contributed by atoms with Crippen molar-refractivity contribution in [1.29, 1.82) is 0 Å². The predicted molar refractivity (Wildman–Crippen MR) is 108 cm³/mol. The molecule has 0 bridgehead atoms. The molecule has 0 unspecified atom stereocenters. The Morgan fingerprint density at radius 1 is 1.27 bits per heavy atom. The zero-order valence-corrected chi connectivity index (χ0v) is 16.4. The van der Waals surface area contributed by atoms with E-state index in [0.717, 1.165) is 30.0 Å². The molecule has 2 aliphatic heterocycles. The topological polar surface area (TPSA) is 82.3 Å². The van der Waals surface area contributed by atoms with E-state index in [1.165, 1.54) is 0 Å². The first-order valence-electron chi connectivity index (χ1n) is 9.17. The molecule has 1 aromatic carbocycles. The van der Waals surface area contributed by atoms with Crippen LogP contribution in [0.4, 0.5) is 16.2 Å². The van der Waals surface area contributed by atoms with Crippen molar-refractivity contribution in [2.75, 3.05) is 16.4 Å². The van der Waals surface area contributed by atoms with Gasteiger partial charge in [0, 0.05) is 34.3 Å².